The van der Waals surface area contributed by atoms with E-state index in [0.717, 1.165) is 16.0 Å². The maximum Gasteiger partial charge on any atom is 0.256 e. The van der Waals surface area contributed by atoms with Gasteiger partial charge in [-0.05, 0) is 31.0 Å². The number of rotatable bonds is 3. The van der Waals surface area contributed by atoms with Gasteiger partial charge in [0, 0.05) is 23.9 Å². The van der Waals surface area contributed by atoms with Crippen molar-refractivity contribution in [3.63, 3.8) is 0 Å². The highest BCUT2D eigenvalue weighted by Gasteiger charge is 2.28. The zero-order valence-electron chi connectivity index (χ0n) is 14.1. The summed E-state index contributed by atoms with van der Waals surface area (Å²) in [6, 6.07) is 7.22. The molecule has 2 heterocycles. The molecule has 0 aliphatic carbocycles. The highest BCUT2D eigenvalue weighted by molar-refractivity contribution is 7.17. The Morgan fingerprint density at radius 1 is 1.28 bits per heavy atom. The lowest BCUT2D eigenvalue weighted by Gasteiger charge is -2.25. The van der Waals surface area contributed by atoms with Crippen LogP contribution >= 0.6 is 11.3 Å². The van der Waals surface area contributed by atoms with Crippen molar-refractivity contribution in [2.24, 2.45) is 5.73 Å². The molecule has 7 heteroatoms. The van der Waals surface area contributed by atoms with Crippen LogP contribution in [0.4, 0.5) is 5.00 Å². The molecular weight excluding hydrogens is 338 g/mol. The van der Waals surface area contributed by atoms with E-state index in [1.807, 2.05) is 19.1 Å². The number of carbonyl (C=O) groups is 3. The molecule has 1 aromatic carbocycles. The molecule has 0 radical (unpaired) electrons. The zero-order valence-corrected chi connectivity index (χ0v) is 14.9. The molecule has 1 aromatic heterocycles. The van der Waals surface area contributed by atoms with Crippen molar-refractivity contribution in [3.05, 3.63) is 51.4 Å². The monoisotopic (exact) mass is 357 g/mol. The average Bonchev–Trinajstić information content (AvgIpc) is 2.91. The van der Waals surface area contributed by atoms with E-state index in [1.54, 1.807) is 17.0 Å². The van der Waals surface area contributed by atoms with E-state index in [2.05, 4.69) is 5.32 Å². The first-order chi connectivity index (χ1) is 11.9. The number of nitrogens with zero attached hydrogens (tertiary/aromatic N) is 1. The molecule has 0 atom stereocenters. The van der Waals surface area contributed by atoms with Gasteiger partial charge < -0.3 is 16.0 Å². The molecule has 1 aliphatic rings. The van der Waals surface area contributed by atoms with Gasteiger partial charge in [0.05, 0.1) is 12.1 Å². The fraction of sp³-hybridized carbons (Fsp3) is 0.278. The Hall–Kier alpha value is -2.67. The Bertz CT molecular complexity index is 872. The molecule has 0 bridgehead atoms. The van der Waals surface area contributed by atoms with Crippen molar-refractivity contribution in [2.75, 3.05) is 11.9 Å². The van der Waals surface area contributed by atoms with Crippen LogP contribution in [0.2, 0.25) is 0 Å². The molecular formula is C18H19N3O3S. The SMILES string of the molecule is CC(=O)N1CCc2c(sc(NC(=O)c3cccc(C)c3)c2C(N)=O)C1. The molecule has 25 heavy (non-hydrogen) atoms. The van der Waals surface area contributed by atoms with Gasteiger partial charge in [0.2, 0.25) is 5.91 Å². The number of carbonyl (C=O) groups excluding carboxylic acids is 3. The summed E-state index contributed by atoms with van der Waals surface area (Å²) >= 11 is 1.31. The Balaban J connectivity index is 1.93. The van der Waals surface area contributed by atoms with E-state index in [1.165, 1.54) is 18.3 Å². The second-order valence-electron chi connectivity index (χ2n) is 6.09. The summed E-state index contributed by atoms with van der Waals surface area (Å²) in [7, 11) is 0. The number of nitrogens with two attached hydrogens (primary N) is 1. The lowest BCUT2D eigenvalue weighted by atomic mass is 10.0. The molecule has 2 aromatic rings. The van der Waals surface area contributed by atoms with Gasteiger partial charge in [-0.1, -0.05) is 17.7 Å². The normalized spacial score (nSPS) is 13.3. The number of primary amides is 1. The third kappa shape index (κ3) is 3.41. The van der Waals surface area contributed by atoms with Crippen LogP contribution in [0.1, 0.15) is 43.6 Å². The highest BCUT2D eigenvalue weighted by Crippen LogP contribution is 2.37. The summed E-state index contributed by atoms with van der Waals surface area (Å²) in [5.41, 5.74) is 8.26. The maximum atomic E-state index is 12.5. The van der Waals surface area contributed by atoms with Gasteiger partial charge in [-0.15, -0.1) is 11.3 Å². The van der Waals surface area contributed by atoms with Crippen LogP contribution in [0.25, 0.3) is 0 Å². The Labute approximate surface area is 149 Å². The molecule has 1 aliphatic heterocycles. The number of anilines is 1. The number of nitrogens with one attached hydrogen (secondary N) is 1. The fourth-order valence-electron chi connectivity index (χ4n) is 2.98. The maximum absolute atomic E-state index is 12.5. The van der Waals surface area contributed by atoms with E-state index < -0.39 is 5.91 Å². The summed E-state index contributed by atoms with van der Waals surface area (Å²) in [5.74, 6) is -0.855. The van der Waals surface area contributed by atoms with Crippen molar-refractivity contribution in [3.8, 4) is 0 Å². The van der Waals surface area contributed by atoms with Gasteiger partial charge in [0.15, 0.2) is 0 Å². The molecule has 0 saturated carbocycles. The van der Waals surface area contributed by atoms with E-state index in [9.17, 15) is 14.4 Å². The molecule has 6 nitrogen and oxygen atoms in total. The minimum absolute atomic E-state index is 0.00924. The number of amides is 3. The van der Waals surface area contributed by atoms with Crippen molar-refractivity contribution in [1.82, 2.24) is 4.90 Å². The molecule has 0 unspecified atom stereocenters. The Morgan fingerprint density at radius 2 is 2.04 bits per heavy atom. The van der Waals surface area contributed by atoms with Crippen molar-refractivity contribution in [2.45, 2.75) is 26.8 Å². The number of thiophene rings is 1. The predicted octanol–water partition coefficient (Wildman–Crippen LogP) is 2.31. The number of aryl methyl sites for hydroxylation is 1. The molecule has 3 amide bonds. The van der Waals surface area contributed by atoms with Crippen molar-refractivity contribution >= 4 is 34.1 Å². The van der Waals surface area contributed by atoms with Crippen molar-refractivity contribution < 1.29 is 14.4 Å². The number of fused-ring (bicyclic) bond motifs is 1. The van der Waals surface area contributed by atoms with Crippen LogP contribution in [0.3, 0.4) is 0 Å². The summed E-state index contributed by atoms with van der Waals surface area (Å²) < 4.78 is 0. The minimum atomic E-state index is -0.562. The van der Waals surface area contributed by atoms with Gasteiger partial charge in [-0.25, -0.2) is 0 Å². The van der Waals surface area contributed by atoms with Crippen LogP contribution in [-0.2, 0) is 17.8 Å². The van der Waals surface area contributed by atoms with Crippen LogP contribution in [0.15, 0.2) is 24.3 Å². The zero-order chi connectivity index (χ0) is 18.1. The lowest BCUT2D eigenvalue weighted by Crippen LogP contribution is -2.34. The van der Waals surface area contributed by atoms with Crippen LogP contribution in [0, 0.1) is 6.92 Å². The van der Waals surface area contributed by atoms with Gasteiger partial charge in [0.25, 0.3) is 11.8 Å². The largest absolute Gasteiger partial charge is 0.365 e. The van der Waals surface area contributed by atoms with Crippen LogP contribution in [0.5, 0.6) is 0 Å². The lowest BCUT2D eigenvalue weighted by molar-refractivity contribution is -0.129. The van der Waals surface area contributed by atoms with Gasteiger partial charge in [0.1, 0.15) is 5.00 Å². The van der Waals surface area contributed by atoms with Crippen molar-refractivity contribution in [1.29, 1.82) is 0 Å². The number of hydrogen-bond acceptors (Lipinski definition) is 4. The molecule has 0 fully saturated rings. The first-order valence-electron chi connectivity index (χ1n) is 7.94. The summed E-state index contributed by atoms with van der Waals surface area (Å²) in [6.07, 6.45) is 0.560. The highest BCUT2D eigenvalue weighted by atomic mass is 32.1. The van der Waals surface area contributed by atoms with Gasteiger partial charge in [-0.2, -0.15) is 0 Å². The van der Waals surface area contributed by atoms with E-state index >= 15 is 0 Å². The fourth-order valence-corrected chi connectivity index (χ4v) is 4.25. The average molecular weight is 357 g/mol. The molecule has 0 spiro atoms. The molecule has 3 N–H and O–H groups in total. The third-order valence-electron chi connectivity index (χ3n) is 4.26. The van der Waals surface area contributed by atoms with E-state index in [0.29, 0.717) is 35.6 Å². The minimum Gasteiger partial charge on any atom is -0.365 e. The quantitative estimate of drug-likeness (QED) is 0.883. The molecule has 0 saturated heterocycles. The predicted molar refractivity (Wildman–Crippen MR) is 96.8 cm³/mol. The van der Waals surface area contributed by atoms with Crippen LogP contribution in [-0.4, -0.2) is 29.2 Å². The second-order valence-corrected chi connectivity index (χ2v) is 7.19. The number of hydrogen-bond donors (Lipinski definition) is 2. The summed E-state index contributed by atoms with van der Waals surface area (Å²) in [5, 5.41) is 3.27. The molecule has 3 rings (SSSR count). The standard InChI is InChI=1S/C18H19N3O3S/c1-10-4-3-5-12(8-10)17(24)20-18-15(16(19)23)13-6-7-21(11(2)22)9-14(13)25-18/h3-5,8H,6-7,9H2,1-2H3,(H2,19,23)(H,20,24). The Morgan fingerprint density at radius 3 is 2.68 bits per heavy atom. The van der Waals surface area contributed by atoms with Gasteiger partial charge in [-0.3, -0.25) is 14.4 Å². The second kappa shape index (κ2) is 6.68. The van der Waals surface area contributed by atoms with E-state index in [-0.39, 0.29) is 11.8 Å². The smallest absolute Gasteiger partial charge is 0.256 e. The van der Waals surface area contributed by atoms with Gasteiger partial charge >= 0.3 is 0 Å². The van der Waals surface area contributed by atoms with E-state index in [4.69, 9.17) is 5.73 Å². The Kier molecular flexibility index (Phi) is 4.59. The summed E-state index contributed by atoms with van der Waals surface area (Å²) in [6.45, 7) is 4.42. The first kappa shape index (κ1) is 17.2. The number of benzene rings is 1. The topological polar surface area (TPSA) is 92.5 Å². The van der Waals surface area contributed by atoms with Crippen LogP contribution < -0.4 is 11.1 Å². The first-order valence-corrected chi connectivity index (χ1v) is 8.76. The summed E-state index contributed by atoms with van der Waals surface area (Å²) in [4.78, 5) is 38.7. The molecule has 130 valence electrons. The third-order valence-corrected chi connectivity index (χ3v) is 5.39.